The minimum atomic E-state index is -0.540. The van der Waals surface area contributed by atoms with Gasteiger partial charge in [-0.15, -0.1) is 0 Å². The van der Waals surface area contributed by atoms with E-state index in [2.05, 4.69) is 20.9 Å². The smallest absolute Gasteiger partial charge is 0.309 e. The normalized spacial score (nSPS) is 10.5. The van der Waals surface area contributed by atoms with Crippen molar-refractivity contribution in [2.75, 3.05) is 0 Å². The third-order valence-electron chi connectivity index (χ3n) is 3.07. The van der Waals surface area contributed by atoms with Gasteiger partial charge in [-0.1, -0.05) is 58.4 Å². The van der Waals surface area contributed by atoms with Crippen LogP contribution in [0.4, 0.5) is 0 Å². The fourth-order valence-electron chi connectivity index (χ4n) is 2.02. The van der Waals surface area contributed by atoms with Gasteiger partial charge in [0.15, 0.2) is 0 Å². The van der Waals surface area contributed by atoms with Gasteiger partial charge in [0.25, 0.3) is 0 Å². The largest absolute Gasteiger partial charge is 0.425 e. The second-order valence-corrected chi connectivity index (χ2v) is 5.41. The highest BCUT2D eigenvalue weighted by Gasteiger charge is 2.11. The molecule has 4 nitrogen and oxygen atoms in total. The Morgan fingerprint density at radius 2 is 1.62 bits per heavy atom. The van der Waals surface area contributed by atoms with E-state index < -0.39 is 5.56 Å². The summed E-state index contributed by atoms with van der Waals surface area (Å²) in [5, 5.41) is 9.81. The molecule has 0 aliphatic carbocycles. The molecule has 5 heteroatoms. The highest BCUT2D eigenvalue weighted by atomic mass is 79.9. The summed E-state index contributed by atoms with van der Waals surface area (Å²) < 4.78 is 1.53. The van der Waals surface area contributed by atoms with Crippen LogP contribution in [0.25, 0.3) is 22.5 Å². The summed E-state index contributed by atoms with van der Waals surface area (Å²) in [7, 11) is 0. The molecule has 0 aliphatic heterocycles. The van der Waals surface area contributed by atoms with Crippen LogP contribution in [0.15, 0.2) is 70.1 Å². The van der Waals surface area contributed by atoms with E-state index in [1.54, 1.807) is 12.1 Å². The molecule has 0 aliphatic rings. The third kappa shape index (κ3) is 2.73. The summed E-state index contributed by atoms with van der Waals surface area (Å²) in [5.74, 6) is 0. The van der Waals surface area contributed by atoms with Crippen molar-refractivity contribution < 1.29 is 5.21 Å². The van der Waals surface area contributed by atoms with Gasteiger partial charge in [0.05, 0.1) is 11.9 Å². The molecule has 3 aromatic rings. The second kappa shape index (κ2) is 5.54. The van der Waals surface area contributed by atoms with E-state index in [-0.39, 0.29) is 5.69 Å². The lowest BCUT2D eigenvalue weighted by Crippen LogP contribution is -2.21. The molecule has 0 saturated heterocycles. The van der Waals surface area contributed by atoms with Crippen molar-refractivity contribution in [2.45, 2.75) is 0 Å². The van der Waals surface area contributed by atoms with E-state index in [4.69, 9.17) is 0 Å². The molecule has 1 N–H and O–H groups in total. The van der Waals surface area contributed by atoms with Crippen molar-refractivity contribution in [1.82, 2.24) is 9.71 Å². The molecule has 2 aromatic carbocycles. The maximum atomic E-state index is 12.0. The van der Waals surface area contributed by atoms with E-state index in [0.29, 0.717) is 16.0 Å². The highest BCUT2D eigenvalue weighted by molar-refractivity contribution is 9.10. The molecule has 0 bridgehead atoms. The standard InChI is InChI=1S/C16H11BrN2O2/c17-13-8-6-11(7-9-13)14-10-19(21)16(20)15(18-14)12-4-2-1-3-5-12/h1-10,21H. The molecule has 0 amide bonds. The van der Waals surface area contributed by atoms with Crippen molar-refractivity contribution in [1.29, 1.82) is 0 Å². The fraction of sp³-hybridized carbons (Fsp3) is 0. The van der Waals surface area contributed by atoms with Gasteiger partial charge in [-0.05, 0) is 12.1 Å². The Bertz CT molecular complexity index is 827. The molecular weight excluding hydrogens is 332 g/mol. The summed E-state index contributed by atoms with van der Waals surface area (Å²) in [4.78, 5) is 16.4. The monoisotopic (exact) mass is 342 g/mol. The number of halogens is 1. The van der Waals surface area contributed by atoms with Gasteiger partial charge in [0.2, 0.25) is 0 Å². The first-order valence-corrected chi connectivity index (χ1v) is 7.09. The zero-order chi connectivity index (χ0) is 14.8. The summed E-state index contributed by atoms with van der Waals surface area (Å²) in [6.45, 7) is 0. The van der Waals surface area contributed by atoms with Crippen LogP contribution in [-0.4, -0.2) is 14.9 Å². The average molecular weight is 343 g/mol. The number of hydrogen-bond acceptors (Lipinski definition) is 3. The van der Waals surface area contributed by atoms with Crippen molar-refractivity contribution >= 4 is 15.9 Å². The summed E-state index contributed by atoms with van der Waals surface area (Å²) in [5.41, 5.74) is 1.70. The molecule has 0 unspecified atom stereocenters. The molecule has 0 spiro atoms. The minimum Gasteiger partial charge on any atom is -0.425 e. The van der Waals surface area contributed by atoms with E-state index in [9.17, 15) is 10.0 Å². The van der Waals surface area contributed by atoms with Crippen LogP contribution >= 0.6 is 15.9 Å². The molecular formula is C16H11BrN2O2. The molecule has 104 valence electrons. The Morgan fingerprint density at radius 3 is 2.29 bits per heavy atom. The van der Waals surface area contributed by atoms with Crippen LogP contribution in [0.1, 0.15) is 0 Å². The van der Waals surface area contributed by atoms with Crippen molar-refractivity contribution in [3.05, 3.63) is 75.6 Å². The van der Waals surface area contributed by atoms with Crippen LogP contribution in [0.5, 0.6) is 0 Å². The number of hydrogen-bond donors (Lipinski definition) is 1. The van der Waals surface area contributed by atoms with Crippen molar-refractivity contribution in [3.63, 3.8) is 0 Å². The maximum absolute atomic E-state index is 12.0. The lowest BCUT2D eigenvalue weighted by atomic mass is 10.1. The Labute approximate surface area is 129 Å². The van der Waals surface area contributed by atoms with Gasteiger partial charge in [-0.3, -0.25) is 4.79 Å². The topological polar surface area (TPSA) is 55.1 Å². The van der Waals surface area contributed by atoms with Crippen LogP contribution in [0.3, 0.4) is 0 Å². The first-order chi connectivity index (χ1) is 10.1. The molecule has 0 radical (unpaired) electrons. The third-order valence-corrected chi connectivity index (χ3v) is 3.60. The number of rotatable bonds is 2. The zero-order valence-corrected chi connectivity index (χ0v) is 12.5. The van der Waals surface area contributed by atoms with E-state index in [1.807, 2.05) is 42.5 Å². The maximum Gasteiger partial charge on any atom is 0.309 e. The van der Waals surface area contributed by atoms with Crippen LogP contribution in [-0.2, 0) is 0 Å². The van der Waals surface area contributed by atoms with Crippen LogP contribution < -0.4 is 5.56 Å². The van der Waals surface area contributed by atoms with Crippen LogP contribution in [0.2, 0.25) is 0 Å². The van der Waals surface area contributed by atoms with Crippen molar-refractivity contribution in [2.24, 2.45) is 0 Å². The average Bonchev–Trinajstić information content (AvgIpc) is 2.51. The van der Waals surface area contributed by atoms with Gasteiger partial charge in [0, 0.05) is 15.6 Å². The zero-order valence-electron chi connectivity index (χ0n) is 10.9. The first kappa shape index (κ1) is 13.6. The first-order valence-electron chi connectivity index (χ1n) is 6.29. The van der Waals surface area contributed by atoms with E-state index in [1.165, 1.54) is 6.20 Å². The Kier molecular flexibility index (Phi) is 3.58. The number of benzene rings is 2. The SMILES string of the molecule is O=c1c(-c2ccccc2)nc(-c2ccc(Br)cc2)cn1O. The highest BCUT2D eigenvalue weighted by Crippen LogP contribution is 2.21. The molecule has 0 atom stereocenters. The molecule has 3 rings (SSSR count). The van der Waals surface area contributed by atoms with Gasteiger partial charge in [0.1, 0.15) is 5.69 Å². The predicted octanol–water partition coefficient (Wildman–Crippen LogP) is 3.58. The summed E-state index contributed by atoms with van der Waals surface area (Å²) in [6.07, 6.45) is 1.32. The van der Waals surface area contributed by atoms with Gasteiger partial charge in [-0.25, -0.2) is 4.98 Å². The van der Waals surface area contributed by atoms with Gasteiger partial charge < -0.3 is 5.21 Å². The molecule has 21 heavy (non-hydrogen) atoms. The summed E-state index contributed by atoms with van der Waals surface area (Å²) in [6, 6.07) is 16.6. The molecule has 0 fully saturated rings. The quantitative estimate of drug-likeness (QED) is 0.724. The Morgan fingerprint density at radius 1 is 0.952 bits per heavy atom. The van der Waals surface area contributed by atoms with Crippen molar-refractivity contribution in [3.8, 4) is 22.5 Å². The predicted molar refractivity (Wildman–Crippen MR) is 84.3 cm³/mol. The lowest BCUT2D eigenvalue weighted by Gasteiger charge is -2.07. The second-order valence-electron chi connectivity index (χ2n) is 4.50. The van der Waals surface area contributed by atoms with Gasteiger partial charge in [-0.2, -0.15) is 4.73 Å². The van der Waals surface area contributed by atoms with Crippen LogP contribution in [0, 0.1) is 0 Å². The fourth-order valence-corrected chi connectivity index (χ4v) is 2.29. The van der Waals surface area contributed by atoms with E-state index >= 15 is 0 Å². The molecule has 1 aromatic heterocycles. The molecule has 0 saturated carbocycles. The van der Waals surface area contributed by atoms with Gasteiger partial charge >= 0.3 is 5.56 Å². The Balaban J connectivity index is 2.19. The summed E-state index contributed by atoms with van der Waals surface area (Å²) >= 11 is 3.37. The lowest BCUT2D eigenvalue weighted by molar-refractivity contribution is 0.175. The number of nitrogens with zero attached hydrogens (tertiary/aromatic N) is 2. The minimum absolute atomic E-state index is 0.221. The van der Waals surface area contributed by atoms with E-state index in [0.717, 1.165) is 10.0 Å². The number of aromatic nitrogens is 2. The molecule has 1 heterocycles. The Hall–Kier alpha value is -2.40.